The largest absolute Gasteiger partial charge is 0.497 e. The minimum absolute atomic E-state index is 0.354. The van der Waals surface area contributed by atoms with Gasteiger partial charge in [-0.05, 0) is 17.0 Å². The highest BCUT2D eigenvalue weighted by Gasteiger charge is 2.11. The minimum atomic E-state index is -0.903. The molecule has 0 aliphatic carbocycles. The molecule has 0 aliphatic heterocycles. The van der Waals surface area contributed by atoms with Crippen molar-refractivity contribution in [2.75, 3.05) is 19.5 Å². The molecular formula is C14H15NO4S. The second-order valence-electron chi connectivity index (χ2n) is 4.04. The van der Waals surface area contributed by atoms with E-state index in [0.29, 0.717) is 22.9 Å². The smallest absolute Gasteiger partial charge is 0.346 e. The van der Waals surface area contributed by atoms with Crippen molar-refractivity contribution in [2.45, 2.75) is 6.54 Å². The Morgan fingerprint density at radius 2 is 1.90 bits per heavy atom. The molecule has 1 heterocycles. The third-order valence-corrected chi connectivity index (χ3v) is 3.72. The van der Waals surface area contributed by atoms with E-state index in [9.17, 15) is 4.79 Å². The average molecular weight is 293 g/mol. The summed E-state index contributed by atoms with van der Waals surface area (Å²) >= 11 is 1.22. The lowest BCUT2D eigenvalue weighted by molar-refractivity contribution is 0.0701. The number of ether oxygens (including phenoxy) is 2. The average Bonchev–Trinajstić information content (AvgIpc) is 2.93. The number of carboxylic acids is 1. The molecule has 106 valence electrons. The van der Waals surface area contributed by atoms with E-state index in [4.69, 9.17) is 14.6 Å². The Kier molecular flexibility index (Phi) is 4.47. The highest BCUT2D eigenvalue weighted by Crippen LogP contribution is 2.26. The summed E-state index contributed by atoms with van der Waals surface area (Å²) in [7, 11) is 3.17. The molecule has 0 bridgehead atoms. The topological polar surface area (TPSA) is 67.8 Å². The van der Waals surface area contributed by atoms with Crippen molar-refractivity contribution < 1.29 is 19.4 Å². The molecule has 0 saturated carbocycles. The number of hydrogen-bond donors (Lipinski definition) is 2. The van der Waals surface area contributed by atoms with Crippen LogP contribution in [0.1, 0.15) is 15.2 Å². The Morgan fingerprint density at radius 3 is 2.45 bits per heavy atom. The molecule has 0 aliphatic rings. The summed E-state index contributed by atoms with van der Waals surface area (Å²) in [6.07, 6.45) is 0. The second-order valence-corrected chi connectivity index (χ2v) is 4.95. The number of anilines is 1. The lowest BCUT2D eigenvalue weighted by Gasteiger charge is -2.10. The maximum absolute atomic E-state index is 11.0. The van der Waals surface area contributed by atoms with Gasteiger partial charge in [0.15, 0.2) is 0 Å². The molecule has 5 nitrogen and oxygen atoms in total. The normalized spacial score (nSPS) is 10.1. The van der Waals surface area contributed by atoms with E-state index in [2.05, 4.69) is 5.32 Å². The number of carbonyl (C=O) groups is 1. The summed E-state index contributed by atoms with van der Waals surface area (Å²) in [6, 6.07) is 7.24. The van der Waals surface area contributed by atoms with Gasteiger partial charge in [0, 0.05) is 30.4 Å². The first-order valence-corrected chi connectivity index (χ1v) is 6.78. The lowest BCUT2D eigenvalue weighted by atomic mass is 10.2. The van der Waals surface area contributed by atoms with E-state index >= 15 is 0 Å². The van der Waals surface area contributed by atoms with Crippen molar-refractivity contribution in [3.8, 4) is 11.5 Å². The van der Waals surface area contributed by atoms with Gasteiger partial charge in [-0.15, -0.1) is 11.3 Å². The van der Waals surface area contributed by atoms with Gasteiger partial charge < -0.3 is 19.9 Å². The number of nitrogens with one attached hydrogen (secondary N) is 1. The summed E-state index contributed by atoms with van der Waals surface area (Å²) in [4.78, 5) is 11.4. The molecule has 0 radical (unpaired) electrons. The summed E-state index contributed by atoms with van der Waals surface area (Å²) in [5.74, 6) is 0.450. The fourth-order valence-electron chi connectivity index (χ4n) is 1.77. The molecule has 1 aromatic heterocycles. The molecule has 20 heavy (non-hydrogen) atoms. The quantitative estimate of drug-likeness (QED) is 0.856. The van der Waals surface area contributed by atoms with Crippen molar-refractivity contribution in [2.24, 2.45) is 0 Å². The number of carboxylic acid groups (broad SMARTS) is 1. The van der Waals surface area contributed by atoms with Crippen LogP contribution in [0, 0.1) is 0 Å². The molecule has 2 rings (SSSR count). The standard InChI is InChI=1S/C14H15NO4S/c1-18-11-5-10(6-12(7-11)19-2)15-8-9-3-4-20-13(9)14(16)17/h3-7,15H,8H2,1-2H3,(H,16,17). The third kappa shape index (κ3) is 3.21. The molecule has 0 amide bonds. The van der Waals surface area contributed by atoms with E-state index in [1.807, 2.05) is 12.1 Å². The number of thiophene rings is 1. The van der Waals surface area contributed by atoms with Crippen molar-refractivity contribution in [3.63, 3.8) is 0 Å². The number of benzene rings is 1. The van der Waals surface area contributed by atoms with Gasteiger partial charge in [-0.2, -0.15) is 0 Å². The minimum Gasteiger partial charge on any atom is -0.497 e. The van der Waals surface area contributed by atoms with Crippen LogP contribution in [0.3, 0.4) is 0 Å². The Morgan fingerprint density at radius 1 is 1.25 bits per heavy atom. The van der Waals surface area contributed by atoms with Gasteiger partial charge in [0.2, 0.25) is 0 Å². The maximum atomic E-state index is 11.0. The predicted octanol–water partition coefficient (Wildman–Crippen LogP) is 3.08. The molecule has 2 aromatic rings. The van der Waals surface area contributed by atoms with Gasteiger partial charge in [-0.1, -0.05) is 0 Å². The Hall–Kier alpha value is -2.21. The molecule has 0 unspecified atom stereocenters. The highest BCUT2D eigenvalue weighted by atomic mass is 32.1. The molecular weight excluding hydrogens is 278 g/mol. The van der Waals surface area contributed by atoms with Crippen LogP contribution in [0.15, 0.2) is 29.6 Å². The highest BCUT2D eigenvalue weighted by molar-refractivity contribution is 7.12. The van der Waals surface area contributed by atoms with E-state index in [1.165, 1.54) is 11.3 Å². The van der Waals surface area contributed by atoms with E-state index in [0.717, 1.165) is 11.3 Å². The number of methoxy groups -OCH3 is 2. The van der Waals surface area contributed by atoms with Crippen LogP contribution in [-0.4, -0.2) is 25.3 Å². The molecule has 6 heteroatoms. The van der Waals surface area contributed by atoms with Gasteiger partial charge in [0.1, 0.15) is 16.4 Å². The first kappa shape index (κ1) is 14.2. The van der Waals surface area contributed by atoms with Crippen LogP contribution in [-0.2, 0) is 6.54 Å². The van der Waals surface area contributed by atoms with Crippen molar-refractivity contribution in [1.29, 1.82) is 0 Å². The molecule has 0 spiro atoms. The van der Waals surface area contributed by atoms with Crippen LogP contribution in [0.25, 0.3) is 0 Å². The van der Waals surface area contributed by atoms with Crippen molar-refractivity contribution in [3.05, 3.63) is 40.1 Å². The Labute approximate surface area is 120 Å². The first-order valence-electron chi connectivity index (χ1n) is 5.90. The summed E-state index contributed by atoms with van der Waals surface area (Å²) in [5.41, 5.74) is 1.56. The summed E-state index contributed by atoms with van der Waals surface area (Å²) < 4.78 is 10.4. The fourth-order valence-corrected chi connectivity index (χ4v) is 2.53. The van der Waals surface area contributed by atoms with Crippen LogP contribution >= 0.6 is 11.3 Å². The van der Waals surface area contributed by atoms with Gasteiger partial charge >= 0.3 is 5.97 Å². The predicted molar refractivity (Wildman–Crippen MR) is 78.2 cm³/mol. The van der Waals surface area contributed by atoms with E-state index < -0.39 is 5.97 Å². The molecule has 0 saturated heterocycles. The third-order valence-electron chi connectivity index (χ3n) is 2.78. The molecule has 2 N–H and O–H groups in total. The van der Waals surface area contributed by atoms with Gasteiger partial charge in [-0.25, -0.2) is 4.79 Å². The van der Waals surface area contributed by atoms with E-state index in [-0.39, 0.29) is 0 Å². The monoisotopic (exact) mass is 293 g/mol. The molecule has 0 atom stereocenters. The number of hydrogen-bond acceptors (Lipinski definition) is 5. The van der Waals surface area contributed by atoms with Gasteiger partial charge in [-0.3, -0.25) is 0 Å². The molecule has 1 aromatic carbocycles. The Balaban J connectivity index is 2.14. The van der Waals surface area contributed by atoms with Gasteiger partial charge in [0.25, 0.3) is 0 Å². The van der Waals surface area contributed by atoms with Crippen LogP contribution in [0.2, 0.25) is 0 Å². The SMILES string of the molecule is COc1cc(NCc2ccsc2C(=O)O)cc(OC)c1. The van der Waals surface area contributed by atoms with Crippen molar-refractivity contribution >= 4 is 23.0 Å². The van der Waals surface area contributed by atoms with Gasteiger partial charge in [0.05, 0.1) is 14.2 Å². The van der Waals surface area contributed by atoms with Crippen LogP contribution in [0.4, 0.5) is 5.69 Å². The van der Waals surface area contributed by atoms with Crippen LogP contribution < -0.4 is 14.8 Å². The fraction of sp³-hybridized carbons (Fsp3) is 0.214. The maximum Gasteiger partial charge on any atom is 0.346 e. The second kappa shape index (κ2) is 6.29. The van der Waals surface area contributed by atoms with E-state index in [1.54, 1.807) is 31.7 Å². The lowest BCUT2D eigenvalue weighted by Crippen LogP contribution is -2.04. The first-order chi connectivity index (χ1) is 9.63. The number of rotatable bonds is 6. The summed E-state index contributed by atoms with van der Waals surface area (Å²) in [6.45, 7) is 0.432. The zero-order valence-electron chi connectivity index (χ0n) is 11.2. The zero-order valence-corrected chi connectivity index (χ0v) is 12.0. The molecule has 0 fully saturated rings. The number of aromatic carboxylic acids is 1. The Bertz CT molecular complexity index is 587. The van der Waals surface area contributed by atoms with Crippen LogP contribution in [0.5, 0.6) is 11.5 Å². The van der Waals surface area contributed by atoms with Crippen molar-refractivity contribution in [1.82, 2.24) is 0 Å². The zero-order chi connectivity index (χ0) is 14.5. The summed E-state index contributed by atoms with van der Waals surface area (Å²) in [5, 5.41) is 14.0.